The average Bonchev–Trinajstić information content (AvgIpc) is 3.61. The Kier molecular flexibility index (Phi) is 9.32. The van der Waals surface area contributed by atoms with Crippen molar-refractivity contribution in [1.82, 2.24) is 5.48 Å². The van der Waals surface area contributed by atoms with Crippen LogP contribution in [0.5, 0.6) is 0 Å². The molecule has 0 aliphatic heterocycles. The fourth-order valence-electron chi connectivity index (χ4n) is 3.96. The Morgan fingerprint density at radius 3 is 2.81 bits per heavy atom. The third-order valence-corrected chi connectivity index (χ3v) is 5.79. The molecule has 2 aliphatic rings. The molecular formula is C26H34N4O2. The van der Waals surface area contributed by atoms with Crippen LogP contribution in [-0.4, -0.2) is 30.4 Å². The normalized spacial score (nSPS) is 19.0. The molecule has 3 rings (SSSR count). The van der Waals surface area contributed by atoms with Crippen LogP contribution in [0.1, 0.15) is 44.1 Å². The Hall–Kier alpha value is -3.12. The highest BCUT2D eigenvalue weighted by Crippen LogP contribution is 2.48. The fourth-order valence-corrected chi connectivity index (χ4v) is 3.96. The molecule has 0 saturated heterocycles. The number of hydrogen-bond donors (Lipinski definition) is 5. The van der Waals surface area contributed by atoms with E-state index in [0.29, 0.717) is 0 Å². The van der Waals surface area contributed by atoms with Gasteiger partial charge < -0.3 is 16.0 Å². The molecular weight excluding hydrogens is 400 g/mol. The van der Waals surface area contributed by atoms with Gasteiger partial charge in [-0.1, -0.05) is 42.0 Å². The Bertz CT molecular complexity index is 901. The van der Waals surface area contributed by atoms with Crippen molar-refractivity contribution in [3.8, 4) is 0 Å². The zero-order valence-corrected chi connectivity index (χ0v) is 18.5. The number of fused-ring (bicyclic) bond motifs is 1. The van der Waals surface area contributed by atoms with Crippen LogP contribution in [0.15, 0.2) is 60.2 Å². The van der Waals surface area contributed by atoms with Crippen molar-refractivity contribution in [3.05, 3.63) is 65.8 Å². The van der Waals surface area contributed by atoms with Crippen molar-refractivity contribution in [3.63, 3.8) is 0 Å². The lowest BCUT2D eigenvalue weighted by Crippen LogP contribution is -2.14. The van der Waals surface area contributed by atoms with E-state index in [0.717, 1.165) is 74.0 Å². The minimum Gasteiger partial charge on any atom is -0.383 e. The first-order valence-corrected chi connectivity index (χ1v) is 11.5. The van der Waals surface area contributed by atoms with Crippen LogP contribution in [0, 0.1) is 17.2 Å². The zero-order chi connectivity index (χ0) is 22.6. The molecule has 0 bridgehead atoms. The second-order valence-electron chi connectivity index (χ2n) is 8.25. The molecule has 32 heavy (non-hydrogen) atoms. The summed E-state index contributed by atoms with van der Waals surface area (Å²) in [5, 5.41) is 22.8. The summed E-state index contributed by atoms with van der Waals surface area (Å²) in [6.45, 7) is 1.70. The first-order valence-electron chi connectivity index (χ1n) is 11.5. The number of allylic oxidation sites excluding steroid dienone is 5. The molecule has 5 N–H and O–H groups in total. The van der Waals surface area contributed by atoms with Crippen LogP contribution in [0.4, 0.5) is 11.4 Å². The summed E-state index contributed by atoms with van der Waals surface area (Å²) in [4.78, 5) is 11.3. The van der Waals surface area contributed by atoms with Crippen molar-refractivity contribution in [1.29, 1.82) is 5.41 Å². The van der Waals surface area contributed by atoms with Crippen molar-refractivity contribution < 1.29 is 10.0 Å². The van der Waals surface area contributed by atoms with Crippen molar-refractivity contribution in [2.45, 2.75) is 38.5 Å². The molecule has 2 aliphatic carbocycles. The van der Waals surface area contributed by atoms with E-state index in [9.17, 15) is 4.79 Å². The highest BCUT2D eigenvalue weighted by molar-refractivity contribution is 5.91. The highest BCUT2D eigenvalue weighted by Gasteiger charge is 2.38. The van der Waals surface area contributed by atoms with Gasteiger partial charge in [-0.25, -0.2) is 5.48 Å². The molecule has 1 unspecified atom stereocenters. The van der Waals surface area contributed by atoms with Gasteiger partial charge in [-0.2, -0.15) is 0 Å². The van der Waals surface area contributed by atoms with Gasteiger partial charge in [0.15, 0.2) is 0 Å². The topological polar surface area (TPSA) is 97.2 Å². The van der Waals surface area contributed by atoms with Crippen LogP contribution in [0.25, 0.3) is 6.08 Å². The minimum absolute atomic E-state index is 0.551. The number of anilines is 2. The number of benzene rings is 1. The SMILES string of the molecule is N=CCC/C=C/CCNc1ccc(/C=C/C(=O)NO)cc1NCCCC1=CC=C[C@@H]2CC12. The van der Waals surface area contributed by atoms with Gasteiger partial charge in [-0.15, -0.1) is 0 Å². The van der Waals surface area contributed by atoms with Crippen LogP contribution in [0.3, 0.4) is 0 Å². The van der Waals surface area contributed by atoms with Gasteiger partial charge >= 0.3 is 0 Å². The molecule has 0 aromatic heterocycles. The van der Waals surface area contributed by atoms with E-state index in [-0.39, 0.29) is 0 Å². The summed E-state index contributed by atoms with van der Waals surface area (Å²) in [6, 6.07) is 5.98. The maximum absolute atomic E-state index is 11.3. The number of rotatable bonds is 14. The molecule has 1 fully saturated rings. The van der Waals surface area contributed by atoms with Gasteiger partial charge in [0.25, 0.3) is 5.91 Å². The number of amides is 1. The first-order chi connectivity index (χ1) is 15.7. The predicted octanol–water partition coefficient (Wildman–Crippen LogP) is 5.32. The monoisotopic (exact) mass is 434 g/mol. The quantitative estimate of drug-likeness (QED) is 0.0684. The molecule has 1 saturated carbocycles. The summed E-state index contributed by atoms with van der Waals surface area (Å²) in [7, 11) is 0. The van der Waals surface area contributed by atoms with E-state index in [4.69, 9.17) is 10.6 Å². The van der Waals surface area contributed by atoms with Crippen LogP contribution < -0.4 is 16.1 Å². The maximum Gasteiger partial charge on any atom is 0.267 e. The summed E-state index contributed by atoms with van der Waals surface area (Å²) >= 11 is 0. The minimum atomic E-state index is -0.551. The number of unbranched alkanes of at least 4 members (excludes halogenated alkanes) is 1. The number of hydroxylamine groups is 1. The molecule has 1 aromatic carbocycles. The largest absolute Gasteiger partial charge is 0.383 e. The van der Waals surface area contributed by atoms with Crippen LogP contribution in [0.2, 0.25) is 0 Å². The van der Waals surface area contributed by atoms with Gasteiger partial charge in [0.05, 0.1) is 11.4 Å². The number of carbonyl (C=O) groups excluding carboxylic acids is 1. The Morgan fingerprint density at radius 2 is 1.97 bits per heavy atom. The Balaban J connectivity index is 1.54. The molecule has 2 atom stereocenters. The van der Waals surface area contributed by atoms with Crippen molar-refractivity contribution in [2.24, 2.45) is 11.8 Å². The second kappa shape index (κ2) is 12.7. The Labute approximate surface area is 190 Å². The summed E-state index contributed by atoms with van der Waals surface area (Å²) < 4.78 is 0. The van der Waals surface area contributed by atoms with Gasteiger partial charge in [0, 0.05) is 19.2 Å². The second-order valence-corrected chi connectivity index (χ2v) is 8.25. The Morgan fingerprint density at radius 1 is 1.12 bits per heavy atom. The summed E-state index contributed by atoms with van der Waals surface area (Å²) in [5.41, 5.74) is 6.11. The summed E-state index contributed by atoms with van der Waals surface area (Å²) in [5.74, 6) is 1.03. The maximum atomic E-state index is 11.3. The molecule has 0 heterocycles. The molecule has 1 amide bonds. The number of nitrogens with one attached hydrogen (secondary N) is 4. The van der Waals surface area contributed by atoms with E-state index < -0.39 is 5.91 Å². The fraction of sp³-hybridized carbons (Fsp3) is 0.385. The van der Waals surface area contributed by atoms with Gasteiger partial charge in [-0.05, 0) is 80.3 Å². The lowest BCUT2D eigenvalue weighted by atomic mass is 10.00. The van der Waals surface area contributed by atoms with E-state index in [1.54, 1.807) is 17.1 Å². The van der Waals surface area contributed by atoms with Crippen LogP contribution in [-0.2, 0) is 4.79 Å². The molecule has 1 aromatic rings. The van der Waals surface area contributed by atoms with E-state index in [1.807, 2.05) is 18.2 Å². The van der Waals surface area contributed by atoms with Gasteiger partial charge in [0.1, 0.15) is 0 Å². The molecule has 170 valence electrons. The predicted molar refractivity (Wildman–Crippen MR) is 132 cm³/mol. The van der Waals surface area contributed by atoms with Crippen LogP contribution >= 0.6 is 0 Å². The molecule has 0 spiro atoms. The molecule has 6 nitrogen and oxygen atoms in total. The number of carbonyl (C=O) groups is 1. The van der Waals surface area contributed by atoms with Crippen molar-refractivity contribution in [2.75, 3.05) is 23.7 Å². The third-order valence-electron chi connectivity index (χ3n) is 5.79. The molecule has 0 radical (unpaired) electrons. The van der Waals surface area contributed by atoms with E-state index in [2.05, 4.69) is 41.0 Å². The zero-order valence-electron chi connectivity index (χ0n) is 18.5. The van der Waals surface area contributed by atoms with Crippen molar-refractivity contribution >= 4 is 29.6 Å². The summed E-state index contributed by atoms with van der Waals surface area (Å²) in [6.07, 6.45) is 21.6. The first kappa shape index (κ1) is 23.5. The lowest BCUT2D eigenvalue weighted by molar-refractivity contribution is -0.124. The third kappa shape index (κ3) is 7.54. The smallest absolute Gasteiger partial charge is 0.267 e. The van der Waals surface area contributed by atoms with E-state index >= 15 is 0 Å². The highest BCUT2D eigenvalue weighted by atomic mass is 16.5. The van der Waals surface area contributed by atoms with Gasteiger partial charge in [0.2, 0.25) is 0 Å². The van der Waals surface area contributed by atoms with E-state index in [1.165, 1.54) is 18.7 Å². The number of hydrogen-bond acceptors (Lipinski definition) is 5. The molecule has 6 heteroatoms. The lowest BCUT2D eigenvalue weighted by Gasteiger charge is -2.15. The van der Waals surface area contributed by atoms with Gasteiger partial charge in [-0.3, -0.25) is 10.0 Å². The standard InChI is InChI=1S/C26H34N4O2/c27-15-4-2-1-3-5-16-28-24-13-11-20(12-14-26(31)30-32)18-25(24)29-17-7-10-21-8-6-9-22-19-23(21)22/h1,3,6,8-9,11-15,18,22-23,27-29,32H,2,4-5,7,10,16-17,19H2,(H,30,31)/b3-1+,14-12+,27-15?/t22-,23?/m1/s1. The average molecular weight is 435 g/mol.